The Labute approximate surface area is 143 Å². The Hall–Kier alpha value is -1.69. The Morgan fingerprint density at radius 1 is 1.21 bits per heavy atom. The molecule has 1 aromatic carbocycles. The van der Waals surface area contributed by atoms with Crippen LogP contribution in [0.2, 0.25) is 0 Å². The van der Waals surface area contributed by atoms with Crippen LogP contribution in [0, 0.1) is 5.92 Å². The van der Waals surface area contributed by atoms with Crippen LogP contribution >= 0.6 is 0 Å². The minimum Gasteiger partial charge on any atom is -0.381 e. The van der Waals surface area contributed by atoms with Crippen molar-refractivity contribution in [3.8, 4) is 0 Å². The van der Waals surface area contributed by atoms with Gasteiger partial charge in [0.15, 0.2) is 0 Å². The van der Waals surface area contributed by atoms with Crippen LogP contribution in [0.15, 0.2) is 40.9 Å². The molecule has 1 fully saturated rings. The predicted molar refractivity (Wildman–Crippen MR) is 91.6 cm³/mol. The fourth-order valence-corrected chi connectivity index (χ4v) is 2.89. The van der Waals surface area contributed by atoms with Gasteiger partial charge in [0.2, 0.25) is 0 Å². The number of ether oxygens (including phenoxy) is 2. The van der Waals surface area contributed by atoms with E-state index in [2.05, 4.69) is 34.7 Å². The summed E-state index contributed by atoms with van der Waals surface area (Å²) >= 11 is 0. The largest absolute Gasteiger partial charge is 0.381 e. The molecule has 1 aliphatic rings. The van der Waals surface area contributed by atoms with Gasteiger partial charge in [0.25, 0.3) is 0 Å². The standard InChI is InChI=1S/C19H26N2O3/c1-2-5-16(6-3-1)7-4-8-19-11-18(21-24-19)14-23-15-20-12-17-9-10-22-13-17/h1-3,5-6,11,17,20H,4,7-10,12-15H2. The molecule has 0 aliphatic carbocycles. The highest BCUT2D eigenvalue weighted by Crippen LogP contribution is 2.11. The lowest BCUT2D eigenvalue weighted by Crippen LogP contribution is -2.25. The number of rotatable bonds is 10. The molecule has 1 unspecified atom stereocenters. The fraction of sp³-hybridized carbons (Fsp3) is 0.526. The van der Waals surface area contributed by atoms with E-state index in [1.165, 1.54) is 5.56 Å². The van der Waals surface area contributed by atoms with Crippen molar-refractivity contribution < 1.29 is 14.0 Å². The highest BCUT2D eigenvalue weighted by atomic mass is 16.5. The zero-order valence-corrected chi connectivity index (χ0v) is 14.1. The summed E-state index contributed by atoms with van der Waals surface area (Å²) in [5.74, 6) is 1.55. The van der Waals surface area contributed by atoms with Crippen LogP contribution in [0.4, 0.5) is 0 Å². The van der Waals surface area contributed by atoms with E-state index < -0.39 is 0 Å². The first kappa shape index (κ1) is 17.1. The van der Waals surface area contributed by atoms with E-state index in [1.807, 2.05) is 12.1 Å². The number of aryl methyl sites for hydroxylation is 2. The highest BCUT2D eigenvalue weighted by molar-refractivity contribution is 5.15. The second-order valence-corrected chi connectivity index (χ2v) is 6.30. The monoisotopic (exact) mass is 330 g/mol. The van der Waals surface area contributed by atoms with Crippen LogP contribution in [0.1, 0.15) is 29.9 Å². The molecule has 2 heterocycles. The van der Waals surface area contributed by atoms with Crippen LogP contribution in [0.5, 0.6) is 0 Å². The smallest absolute Gasteiger partial charge is 0.137 e. The molecule has 130 valence electrons. The third-order valence-electron chi connectivity index (χ3n) is 4.25. The van der Waals surface area contributed by atoms with E-state index in [4.69, 9.17) is 14.0 Å². The molecule has 1 atom stereocenters. The summed E-state index contributed by atoms with van der Waals surface area (Å²) in [5.41, 5.74) is 2.22. The average molecular weight is 330 g/mol. The van der Waals surface area contributed by atoms with Crippen LogP contribution < -0.4 is 5.32 Å². The van der Waals surface area contributed by atoms with E-state index in [1.54, 1.807) is 0 Å². The summed E-state index contributed by atoms with van der Waals surface area (Å²) in [6.45, 7) is 3.72. The maximum absolute atomic E-state index is 5.59. The molecule has 2 aromatic rings. The van der Waals surface area contributed by atoms with E-state index in [9.17, 15) is 0 Å². The Morgan fingerprint density at radius 2 is 2.12 bits per heavy atom. The van der Waals surface area contributed by atoms with Gasteiger partial charge in [0.1, 0.15) is 11.5 Å². The van der Waals surface area contributed by atoms with Gasteiger partial charge in [-0.25, -0.2) is 0 Å². The third-order valence-corrected chi connectivity index (χ3v) is 4.25. The van der Waals surface area contributed by atoms with Crippen molar-refractivity contribution in [1.82, 2.24) is 10.5 Å². The molecule has 1 aliphatic heterocycles. The molecule has 5 nitrogen and oxygen atoms in total. The number of hydrogen-bond acceptors (Lipinski definition) is 5. The molecule has 0 radical (unpaired) electrons. The van der Waals surface area contributed by atoms with Crippen molar-refractivity contribution in [2.45, 2.75) is 32.3 Å². The zero-order chi connectivity index (χ0) is 16.5. The maximum atomic E-state index is 5.59. The van der Waals surface area contributed by atoms with Gasteiger partial charge in [-0.1, -0.05) is 35.5 Å². The van der Waals surface area contributed by atoms with E-state index >= 15 is 0 Å². The SMILES string of the molecule is c1ccc(CCCc2cc(COCNCC3CCOC3)no2)cc1. The van der Waals surface area contributed by atoms with Gasteiger partial charge >= 0.3 is 0 Å². The lowest BCUT2D eigenvalue weighted by Gasteiger charge is -2.08. The van der Waals surface area contributed by atoms with Crippen molar-refractivity contribution in [3.63, 3.8) is 0 Å². The molecule has 24 heavy (non-hydrogen) atoms. The molecule has 0 spiro atoms. The van der Waals surface area contributed by atoms with Gasteiger partial charge in [0, 0.05) is 25.6 Å². The molecule has 0 bridgehead atoms. The van der Waals surface area contributed by atoms with Gasteiger partial charge in [-0.05, 0) is 30.7 Å². The first-order valence-corrected chi connectivity index (χ1v) is 8.75. The molecular formula is C19H26N2O3. The van der Waals surface area contributed by atoms with E-state index in [-0.39, 0.29) is 0 Å². The first-order chi connectivity index (χ1) is 11.9. The number of hydrogen-bond donors (Lipinski definition) is 1. The van der Waals surface area contributed by atoms with Gasteiger partial charge in [-0.2, -0.15) is 0 Å². The summed E-state index contributed by atoms with van der Waals surface area (Å²) in [5, 5.41) is 7.37. The minimum atomic E-state index is 0.482. The van der Waals surface area contributed by atoms with Crippen molar-refractivity contribution in [2.75, 3.05) is 26.5 Å². The molecule has 1 saturated heterocycles. The molecule has 5 heteroatoms. The lowest BCUT2D eigenvalue weighted by molar-refractivity contribution is 0.0949. The average Bonchev–Trinajstić information content (AvgIpc) is 3.28. The van der Waals surface area contributed by atoms with Crippen molar-refractivity contribution >= 4 is 0 Å². The number of nitrogens with one attached hydrogen (secondary N) is 1. The van der Waals surface area contributed by atoms with E-state index in [0.717, 1.165) is 56.9 Å². The van der Waals surface area contributed by atoms with Crippen LogP contribution in [0.3, 0.4) is 0 Å². The Balaban J connectivity index is 1.27. The van der Waals surface area contributed by atoms with Crippen LogP contribution in [-0.2, 0) is 28.9 Å². The lowest BCUT2D eigenvalue weighted by atomic mass is 10.1. The molecule has 0 amide bonds. The molecule has 1 aromatic heterocycles. The van der Waals surface area contributed by atoms with Crippen molar-refractivity contribution in [1.29, 1.82) is 0 Å². The summed E-state index contributed by atoms with van der Waals surface area (Å²) in [6.07, 6.45) is 4.16. The molecule has 1 N–H and O–H groups in total. The predicted octanol–water partition coefficient (Wildman–Crippen LogP) is 2.95. The van der Waals surface area contributed by atoms with Crippen molar-refractivity contribution in [3.05, 3.63) is 53.4 Å². The normalized spacial score (nSPS) is 17.4. The number of aromatic nitrogens is 1. The topological polar surface area (TPSA) is 56.5 Å². The Bertz CT molecular complexity index is 579. The summed E-state index contributed by atoms with van der Waals surface area (Å²) in [6, 6.07) is 12.5. The second kappa shape index (κ2) is 9.57. The highest BCUT2D eigenvalue weighted by Gasteiger charge is 2.14. The van der Waals surface area contributed by atoms with Gasteiger partial charge < -0.3 is 14.0 Å². The third kappa shape index (κ3) is 5.74. The van der Waals surface area contributed by atoms with E-state index in [0.29, 0.717) is 19.3 Å². The minimum absolute atomic E-state index is 0.482. The van der Waals surface area contributed by atoms with Crippen LogP contribution in [0.25, 0.3) is 0 Å². The van der Waals surface area contributed by atoms with Gasteiger partial charge in [0.05, 0.1) is 19.9 Å². The Morgan fingerprint density at radius 3 is 2.96 bits per heavy atom. The van der Waals surface area contributed by atoms with Gasteiger partial charge in [-0.15, -0.1) is 0 Å². The fourth-order valence-electron chi connectivity index (χ4n) is 2.89. The van der Waals surface area contributed by atoms with Gasteiger partial charge in [-0.3, -0.25) is 5.32 Å². The molecular weight excluding hydrogens is 304 g/mol. The zero-order valence-electron chi connectivity index (χ0n) is 14.1. The number of benzene rings is 1. The Kier molecular flexibility index (Phi) is 6.83. The second-order valence-electron chi connectivity index (χ2n) is 6.30. The summed E-state index contributed by atoms with van der Waals surface area (Å²) in [4.78, 5) is 0. The van der Waals surface area contributed by atoms with Crippen LogP contribution in [-0.4, -0.2) is 31.6 Å². The molecule has 0 saturated carbocycles. The first-order valence-electron chi connectivity index (χ1n) is 8.75. The quantitative estimate of drug-likeness (QED) is 0.536. The number of nitrogens with zero attached hydrogens (tertiary/aromatic N) is 1. The molecule has 3 rings (SSSR count). The summed E-state index contributed by atoms with van der Waals surface area (Å²) < 4.78 is 16.3. The summed E-state index contributed by atoms with van der Waals surface area (Å²) in [7, 11) is 0. The van der Waals surface area contributed by atoms with Crippen molar-refractivity contribution in [2.24, 2.45) is 5.92 Å². The maximum Gasteiger partial charge on any atom is 0.137 e.